The van der Waals surface area contributed by atoms with Crippen molar-refractivity contribution in [3.05, 3.63) is 0 Å². The minimum atomic E-state index is 0. The predicted octanol–water partition coefficient (Wildman–Crippen LogP) is -3.37. The van der Waals surface area contributed by atoms with Gasteiger partial charge in [0.15, 0.2) is 0 Å². The Morgan fingerprint density at radius 2 is 1.57 bits per heavy atom. The average Bonchev–Trinajstić information content (AvgIpc) is 1.38. The molecule has 1 nitrogen and oxygen atoms in total. The third-order valence-corrected chi connectivity index (χ3v) is 0.333. The largest absolute Gasteiger partial charge is 1.00 e. The van der Waals surface area contributed by atoms with E-state index in [2.05, 4.69) is 0 Å². The van der Waals surface area contributed by atoms with E-state index in [1.165, 1.54) is 0 Å². The third kappa shape index (κ3) is 19.4. The van der Waals surface area contributed by atoms with Crippen molar-refractivity contribution in [3.63, 3.8) is 0 Å². The van der Waals surface area contributed by atoms with E-state index in [1.807, 2.05) is 13.8 Å². The summed E-state index contributed by atoms with van der Waals surface area (Å²) < 4.78 is 0. The summed E-state index contributed by atoms with van der Waals surface area (Å²) in [4.78, 5) is 0. The maximum Gasteiger partial charge on any atom is 1.00 e. The zero-order valence-electron chi connectivity index (χ0n) is 5.27. The third-order valence-electron chi connectivity index (χ3n) is 0.333. The zero-order valence-corrected chi connectivity index (χ0v) is 7.27. The first-order chi connectivity index (χ1) is 2.27. The quantitative estimate of drug-likeness (QED) is 0.321. The van der Waals surface area contributed by atoms with E-state index in [0.29, 0.717) is 5.92 Å². The number of rotatable bonds is 1. The first kappa shape index (κ1) is 15.7. The van der Waals surface area contributed by atoms with Crippen molar-refractivity contribution in [1.82, 2.24) is 0 Å². The molecule has 0 N–H and O–H groups in total. The van der Waals surface area contributed by atoms with E-state index in [0.717, 1.165) is 0 Å². The summed E-state index contributed by atoms with van der Waals surface area (Å²) in [6.07, 6.45) is 0. The molecule has 0 aliphatic rings. The van der Waals surface area contributed by atoms with Crippen molar-refractivity contribution in [2.24, 2.45) is 5.92 Å². The summed E-state index contributed by atoms with van der Waals surface area (Å²) in [6.45, 7) is 3.88. The first-order valence-electron chi connectivity index (χ1n) is 1.85. The summed E-state index contributed by atoms with van der Waals surface area (Å²) in [5.41, 5.74) is 0. The Bertz CT molecular complexity index is 25.7. The Hall–Kier alpha value is 1.02. The Kier molecular flexibility index (Phi) is 22.6. The predicted molar refractivity (Wildman–Crippen MR) is 25.5 cm³/mol. The number of hydrogen-bond acceptors (Lipinski definition) is 1. The molecule has 0 heterocycles. The van der Waals surface area contributed by atoms with Crippen molar-refractivity contribution >= 4 is 8.41 Å². The number of hydrogen-bond donors (Lipinski definition) is 0. The van der Waals surface area contributed by atoms with Crippen LogP contribution >= 0.6 is 0 Å². The Morgan fingerprint density at radius 3 is 1.57 bits per heavy atom. The van der Waals surface area contributed by atoms with Crippen molar-refractivity contribution < 1.29 is 34.7 Å². The molecular formula is C4H9BNaO. The van der Waals surface area contributed by atoms with Crippen LogP contribution in [0.1, 0.15) is 13.8 Å². The van der Waals surface area contributed by atoms with Crippen LogP contribution < -0.4 is 34.7 Å². The summed E-state index contributed by atoms with van der Waals surface area (Å²) in [6, 6.07) is 0. The van der Waals surface area contributed by atoms with Crippen molar-refractivity contribution in [1.29, 1.82) is 0 Å². The molecule has 3 heteroatoms. The van der Waals surface area contributed by atoms with Crippen LogP contribution in [0.25, 0.3) is 0 Å². The standard InChI is InChI=1S/C4H9O.B.Na/c1-4(2)3-5;;/h4H,3H2,1-2H3;;/q-1;;+1. The molecule has 3 radical (unpaired) electrons. The second kappa shape index (κ2) is 10.1. The molecule has 0 unspecified atom stereocenters. The van der Waals surface area contributed by atoms with E-state index in [9.17, 15) is 5.11 Å². The van der Waals surface area contributed by atoms with Gasteiger partial charge >= 0.3 is 29.6 Å². The summed E-state index contributed by atoms with van der Waals surface area (Å²) in [7, 11) is 0. The van der Waals surface area contributed by atoms with Gasteiger partial charge in [-0.05, 0) is 0 Å². The van der Waals surface area contributed by atoms with Crippen LogP contribution in [0.15, 0.2) is 0 Å². The van der Waals surface area contributed by atoms with Gasteiger partial charge in [-0.1, -0.05) is 19.8 Å². The summed E-state index contributed by atoms with van der Waals surface area (Å²) in [5.74, 6) is 0.329. The molecule has 0 aromatic rings. The molecular weight excluding hydrogens is 97.8 g/mol. The van der Waals surface area contributed by atoms with Gasteiger partial charge in [-0.2, -0.15) is 0 Å². The molecule has 0 aromatic carbocycles. The maximum absolute atomic E-state index is 9.63. The molecule has 35 valence electrons. The Morgan fingerprint density at radius 1 is 1.43 bits per heavy atom. The molecule has 0 aliphatic heterocycles. The molecule has 0 saturated heterocycles. The second-order valence-electron chi connectivity index (χ2n) is 1.56. The Balaban J connectivity index is -0.0000000800. The SMILES string of the molecule is CC(C)C[O-].[B].[Na+]. The van der Waals surface area contributed by atoms with E-state index < -0.39 is 0 Å². The van der Waals surface area contributed by atoms with Gasteiger partial charge < -0.3 is 5.11 Å². The fourth-order valence-corrected chi connectivity index (χ4v) is 0. The molecule has 0 fully saturated rings. The topological polar surface area (TPSA) is 23.1 Å². The van der Waals surface area contributed by atoms with E-state index in [1.54, 1.807) is 0 Å². The van der Waals surface area contributed by atoms with E-state index in [-0.39, 0.29) is 44.6 Å². The summed E-state index contributed by atoms with van der Waals surface area (Å²) >= 11 is 0. The van der Waals surface area contributed by atoms with Crippen LogP contribution in [0.5, 0.6) is 0 Å². The van der Waals surface area contributed by atoms with Gasteiger partial charge in [0.2, 0.25) is 0 Å². The van der Waals surface area contributed by atoms with Gasteiger partial charge in [0, 0.05) is 8.41 Å². The van der Waals surface area contributed by atoms with Crippen molar-refractivity contribution in [2.75, 3.05) is 6.61 Å². The Labute approximate surface area is 69.4 Å². The van der Waals surface area contributed by atoms with Crippen LogP contribution in [0.4, 0.5) is 0 Å². The van der Waals surface area contributed by atoms with Gasteiger partial charge in [-0.25, -0.2) is 0 Å². The molecule has 7 heavy (non-hydrogen) atoms. The first-order valence-corrected chi connectivity index (χ1v) is 1.85. The van der Waals surface area contributed by atoms with Gasteiger partial charge in [-0.15, -0.1) is 6.61 Å². The van der Waals surface area contributed by atoms with Crippen LogP contribution in [-0.4, -0.2) is 15.0 Å². The van der Waals surface area contributed by atoms with E-state index in [4.69, 9.17) is 0 Å². The van der Waals surface area contributed by atoms with Crippen LogP contribution in [0.3, 0.4) is 0 Å². The van der Waals surface area contributed by atoms with Crippen molar-refractivity contribution in [3.8, 4) is 0 Å². The van der Waals surface area contributed by atoms with Gasteiger partial charge in [0.05, 0.1) is 0 Å². The van der Waals surface area contributed by atoms with Crippen LogP contribution in [0.2, 0.25) is 0 Å². The fraction of sp³-hybridized carbons (Fsp3) is 1.00. The molecule has 0 aromatic heterocycles. The van der Waals surface area contributed by atoms with Crippen LogP contribution in [-0.2, 0) is 0 Å². The summed E-state index contributed by atoms with van der Waals surface area (Å²) in [5, 5.41) is 9.63. The molecule has 0 spiro atoms. The molecule has 0 amide bonds. The zero-order chi connectivity index (χ0) is 4.28. The van der Waals surface area contributed by atoms with Crippen molar-refractivity contribution in [2.45, 2.75) is 13.8 Å². The molecule has 0 aliphatic carbocycles. The van der Waals surface area contributed by atoms with Crippen LogP contribution in [0, 0.1) is 5.92 Å². The molecule has 0 rings (SSSR count). The molecule has 0 bridgehead atoms. The van der Waals surface area contributed by atoms with Gasteiger partial charge in [0.1, 0.15) is 0 Å². The minimum absolute atomic E-state index is 0. The normalized spacial score (nSPS) is 6.86. The second-order valence-corrected chi connectivity index (χ2v) is 1.56. The smallest absolute Gasteiger partial charge is 0.854 e. The molecule has 0 saturated carbocycles. The fourth-order valence-electron chi connectivity index (χ4n) is 0. The minimum Gasteiger partial charge on any atom is -0.854 e. The average molecular weight is 107 g/mol. The monoisotopic (exact) mass is 107 g/mol. The maximum atomic E-state index is 9.63. The molecule has 0 atom stereocenters. The van der Waals surface area contributed by atoms with Gasteiger partial charge in [-0.3, -0.25) is 0 Å². The van der Waals surface area contributed by atoms with E-state index >= 15 is 0 Å². The van der Waals surface area contributed by atoms with Gasteiger partial charge in [0.25, 0.3) is 0 Å².